The van der Waals surface area contributed by atoms with E-state index >= 15 is 0 Å². The van der Waals surface area contributed by atoms with Crippen LogP contribution in [0.2, 0.25) is 0 Å². The van der Waals surface area contributed by atoms with E-state index in [0.717, 1.165) is 5.69 Å². The first-order chi connectivity index (χ1) is 15.2. The highest BCUT2D eigenvalue weighted by Gasteiger charge is 2.34. The Kier molecular flexibility index (Phi) is 7.89. The summed E-state index contributed by atoms with van der Waals surface area (Å²) < 4.78 is 25.3. The predicted molar refractivity (Wildman–Crippen MR) is 123 cm³/mol. The van der Waals surface area contributed by atoms with Gasteiger partial charge in [0.15, 0.2) is 0 Å². The maximum absolute atomic E-state index is 14.8. The molecule has 0 fully saturated rings. The van der Waals surface area contributed by atoms with Gasteiger partial charge in [0.1, 0.15) is 11.6 Å². The lowest BCUT2D eigenvalue weighted by atomic mass is 9.96. The molecule has 172 valence electrons. The molecule has 0 saturated heterocycles. The number of thioether (sulfide) groups is 1. The van der Waals surface area contributed by atoms with Gasteiger partial charge in [0, 0.05) is 17.6 Å². The quantitative estimate of drug-likeness (QED) is 0.466. The van der Waals surface area contributed by atoms with Crippen LogP contribution in [0.4, 0.5) is 10.2 Å². The van der Waals surface area contributed by atoms with Crippen LogP contribution in [-0.4, -0.2) is 41.7 Å². The van der Waals surface area contributed by atoms with E-state index in [0.29, 0.717) is 41.7 Å². The van der Waals surface area contributed by atoms with Crippen molar-refractivity contribution in [3.05, 3.63) is 65.1 Å². The first-order valence-corrected chi connectivity index (χ1v) is 11.1. The second-order valence-corrected chi connectivity index (χ2v) is 9.14. The predicted octanol–water partition coefficient (Wildman–Crippen LogP) is 3.24. The van der Waals surface area contributed by atoms with Crippen LogP contribution in [0.5, 0.6) is 0 Å². The average Bonchev–Trinajstić information content (AvgIpc) is 3.14. The Morgan fingerprint density at radius 2 is 2.09 bits per heavy atom. The third-order valence-electron chi connectivity index (χ3n) is 4.96. The van der Waals surface area contributed by atoms with Crippen molar-refractivity contribution in [3.63, 3.8) is 0 Å². The van der Waals surface area contributed by atoms with Gasteiger partial charge in [-0.05, 0) is 37.6 Å². The number of nitrogens with zero attached hydrogens (tertiary/aromatic N) is 1. The molecular weight excluding hydrogens is 433 g/mol. The highest BCUT2D eigenvalue weighted by Crippen LogP contribution is 2.43. The number of rotatable bonds is 10. The molecule has 2 atom stereocenters. The van der Waals surface area contributed by atoms with Gasteiger partial charge in [0.05, 0.1) is 42.4 Å². The van der Waals surface area contributed by atoms with Gasteiger partial charge in [0.2, 0.25) is 5.91 Å². The Morgan fingerprint density at radius 1 is 1.31 bits per heavy atom. The van der Waals surface area contributed by atoms with Crippen LogP contribution >= 0.6 is 11.8 Å². The standard InChI is InChI=1S/C23H28FN3O4S/c1-23(2,29)14-7-8-16(18(24)11-14)19-12-17(21(25)28)22(32-19)27-20-6-4-5-15(26-20)13-31-10-9-30-3/h4-8,11-12,17,22,29H,9-10,13H2,1-3H3,(H2,25,28)(H,26,27). The summed E-state index contributed by atoms with van der Waals surface area (Å²) in [5, 5.41) is 12.9. The van der Waals surface area contributed by atoms with E-state index in [1.807, 2.05) is 12.1 Å². The van der Waals surface area contributed by atoms with E-state index in [2.05, 4.69) is 10.3 Å². The van der Waals surface area contributed by atoms with E-state index in [4.69, 9.17) is 15.2 Å². The number of hydrogen-bond acceptors (Lipinski definition) is 7. The fourth-order valence-corrected chi connectivity index (χ4v) is 4.53. The Bertz CT molecular complexity index is 993. The molecule has 1 aromatic heterocycles. The molecule has 1 amide bonds. The van der Waals surface area contributed by atoms with Crippen molar-refractivity contribution in [3.8, 4) is 0 Å². The van der Waals surface area contributed by atoms with Gasteiger partial charge in [-0.3, -0.25) is 4.79 Å². The first-order valence-electron chi connectivity index (χ1n) is 10.2. The third-order valence-corrected chi connectivity index (χ3v) is 6.23. The fourth-order valence-electron chi connectivity index (χ4n) is 3.20. The number of pyridine rings is 1. The molecule has 0 radical (unpaired) electrons. The number of benzene rings is 1. The van der Waals surface area contributed by atoms with Gasteiger partial charge in [-0.25, -0.2) is 9.37 Å². The Hall–Kier alpha value is -2.46. The Balaban J connectivity index is 1.74. The lowest BCUT2D eigenvalue weighted by molar-refractivity contribution is -0.120. The van der Waals surface area contributed by atoms with Gasteiger partial charge in [-0.2, -0.15) is 0 Å². The van der Waals surface area contributed by atoms with E-state index in [1.165, 1.54) is 17.8 Å². The van der Waals surface area contributed by atoms with E-state index in [-0.39, 0.29) is 0 Å². The molecule has 3 rings (SSSR count). The summed E-state index contributed by atoms with van der Waals surface area (Å²) in [6.07, 6.45) is 1.67. The summed E-state index contributed by atoms with van der Waals surface area (Å²) in [5.41, 5.74) is 6.01. The highest BCUT2D eigenvalue weighted by atomic mass is 32.2. The largest absolute Gasteiger partial charge is 0.386 e. The number of ether oxygens (including phenoxy) is 2. The normalized spacial score (nSPS) is 18.5. The van der Waals surface area contributed by atoms with Crippen LogP contribution in [0.15, 0.2) is 42.5 Å². The smallest absolute Gasteiger partial charge is 0.227 e. The number of amides is 1. The fraction of sp³-hybridized carbons (Fsp3) is 0.391. The molecule has 1 aliphatic heterocycles. The molecule has 7 nitrogen and oxygen atoms in total. The minimum Gasteiger partial charge on any atom is -0.386 e. The molecule has 4 N–H and O–H groups in total. The summed E-state index contributed by atoms with van der Waals surface area (Å²) in [5.74, 6) is -1.07. The number of hydrogen-bond donors (Lipinski definition) is 3. The number of carbonyl (C=O) groups is 1. The molecule has 32 heavy (non-hydrogen) atoms. The molecule has 2 unspecified atom stereocenters. The van der Waals surface area contributed by atoms with Crippen LogP contribution in [0, 0.1) is 11.7 Å². The van der Waals surface area contributed by atoms with Crippen molar-refractivity contribution >= 4 is 28.4 Å². The van der Waals surface area contributed by atoms with Crippen molar-refractivity contribution in [1.29, 1.82) is 0 Å². The molecule has 9 heteroatoms. The number of aromatic nitrogens is 1. The number of methoxy groups -OCH3 is 1. The maximum Gasteiger partial charge on any atom is 0.227 e. The van der Waals surface area contributed by atoms with Crippen LogP contribution < -0.4 is 11.1 Å². The van der Waals surface area contributed by atoms with E-state index in [1.54, 1.807) is 45.2 Å². The van der Waals surface area contributed by atoms with Gasteiger partial charge >= 0.3 is 0 Å². The number of anilines is 1. The van der Waals surface area contributed by atoms with Gasteiger partial charge in [0.25, 0.3) is 0 Å². The van der Waals surface area contributed by atoms with E-state index in [9.17, 15) is 14.3 Å². The van der Waals surface area contributed by atoms with Crippen molar-refractivity contribution in [1.82, 2.24) is 4.98 Å². The second kappa shape index (κ2) is 10.4. The Morgan fingerprint density at radius 3 is 2.75 bits per heavy atom. The van der Waals surface area contributed by atoms with E-state index < -0.39 is 28.6 Å². The van der Waals surface area contributed by atoms with Crippen LogP contribution in [0.25, 0.3) is 4.91 Å². The molecular formula is C23H28FN3O4S. The summed E-state index contributed by atoms with van der Waals surface area (Å²) in [4.78, 5) is 17.2. The van der Waals surface area contributed by atoms with Crippen molar-refractivity contribution in [2.24, 2.45) is 11.7 Å². The van der Waals surface area contributed by atoms with Crippen LogP contribution in [0.3, 0.4) is 0 Å². The molecule has 0 bridgehead atoms. The zero-order valence-electron chi connectivity index (χ0n) is 18.3. The molecule has 1 aromatic carbocycles. The maximum atomic E-state index is 14.8. The summed E-state index contributed by atoms with van der Waals surface area (Å²) >= 11 is 1.31. The molecule has 1 aliphatic rings. The highest BCUT2D eigenvalue weighted by molar-refractivity contribution is 8.09. The zero-order valence-corrected chi connectivity index (χ0v) is 19.1. The minimum absolute atomic E-state index is 0.332. The van der Waals surface area contributed by atoms with Crippen LogP contribution in [0.1, 0.15) is 30.7 Å². The first kappa shape index (κ1) is 24.2. The lowest BCUT2D eigenvalue weighted by Gasteiger charge is -2.20. The van der Waals surface area contributed by atoms with Crippen LogP contribution in [-0.2, 0) is 26.5 Å². The third kappa shape index (κ3) is 6.07. The second-order valence-electron chi connectivity index (χ2n) is 7.96. The summed E-state index contributed by atoms with van der Waals surface area (Å²) in [7, 11) is 1.61. The molecule has 2 heterocycles. The topological polar surface area (TPSA) is 107 Å². The molecule has 2 aromatic rings. The molecule has 0 aliphatic carbocycles. The summed E-state index contributed by atoms with van der Waals surface area (Å²) in [6, 6.07) is 10.1. The SMILES string of the molecule is COCCOCc1cccc(NC2SC(c3ccc(C(C)(C)O)cc3F)=CC2C(N)=O)n1. The number of primary amides is 1. The Labute approximate surface area is 191 Å². The molecule has 0 saturated carbocycles. The van der Waals surface area contributed by atoms with Gasteiger partial charge in [-0.1, -0.05) is 36.0 Å². The zero-order chi connectivity index (χ0) is 23.3. The lowest BCUT2D eigenvalue weighted by Crippen LogP contribution is -2.33. The van der Waals surface area contributed by atoms with Crippen molar-refractivity contribution in [2.45, 2.75) is 31.4 Å². The number of aliphatic hydroxyl groups is 1. The molecule has 0 spiro atoms. The number of halogens is 1. The summed E-state index contributed by atoms with van der Waals surface area (Å²) in [6.45, 7) is 4.48. The monoisotopic (exact) mass is 461 g/mol. The number of nitrogens with two attached hydrogens (primary N) is 1. The van der Waals surface area contributed by atoms with Gasteiger partial charge in [-0.15, -0.1) is 0 Å². The van der Waals surface area contributed by atoms with Crippen molar-refractivity contribution < 1.29 is 23.8 Å². The average molecular weight is 462 g/mol. The minimum atomic E-state index is -1.15. The number of nitrogens with one attached hydrogen (secondary N) is 1. The van der Waals surface area contributed by atoms with Crippen molar-refractivity contribution in [2.75, 3.05) is 25.6 Å². The van der Waals surface area contributed by atoms with Gasteiger partial charge < -0.3 is 25.6 Å². The number of carbonyl (C=O) groups excluding carboxylic acids is 1.